The van der Waals surface area contributed by atoms with Crippen molar-refractivity contribution in [3.05, 3.63) is 28.1 Å². The van der Waals surface area contributed by atoms with Crippen molar-refractivity contribution >= 4 is 11.0 Å². The molecule has 0 bridgehead atoms. The second-order valence-electron chi connectivity index (χ2n) is 4.13. The van der Waals surface area contributed by atoms with E-state index in [9.17, 15) is 20.1 Å². The molecule has 5 heteroatoms. The van der Waals surface area contributed by atoms with E-state index in [0.717, 1.165) is 12.8 Å². The summed E-state index contributed by atoms with van der Waals surface area (Å²) in [6, 6.07) is 2.64. The summed E-state index contributed by atoms with van der Waals surface area (Å²) in [5, 5.41) is 29.1. The molecular formula is C13H14O5. The Morgan fingerprint density at radius 3 is 2.56 bits per heavy atom. The minimum atomic E-state index is -0.686. The molecule has 0 fully saturated rings. The Balaban J connectivity index is 2.71. The summed E-state index contributed by atoms with van der Waals surface area (Å²) in [6.45, 7) is 1.98. The van der Waals surface area contributed by atoms with Crippen molar-refractivity contribution in [2.24, 2.45) is 0 Å². The van der Waals surface area contributed by atoms with Crippen LogP contribution in [0.2, 0.25) is 0 Å². The van der Waals surface area contributed by atoms with Gasteiger partial charge in [-0.15, -0.1) is 0 Å². The van der Waals surface area contributed by atoms with Gasteiger partial charge in [-0.1, -0.05) is 13.3 Å². The van der Waals surface area contributed by atoms with E-state index in [0.29, 0.717) is 6.42 Å². The Hall–Kier alpha value is -2.17. The number of unbranched alkanes of at least 4 members (excludes halogenated alkanes) is 1. The van der Waals surface area contributed by atoms with Gasteiger partial charge in [-0.05, 0) is 25.0 Å². The predicted molar refractivity (Wildman–Crippen MR) is 66.1 cm³/mol. The summed E-state index contributed by atoms with van der Waals surface area (Å²) >= 11 is 0. The fraction of sp³-hybridized carbons (Fsp3) is 0.308. The standard InChI is InChI=1S/C13H14O5/c1-2-3-4-8-10(15)7-5-6-9(14)11(16)12(7)18-13(8)17/h5-6,14-16H,2-4H2,1H3. The predicted octanol–water partition coefficient (Wildman–Crippen LogP) is 2.25. The van der Waals surface area contributed by atoms with Crippen LogP contribution in [0.3, 0.4) is 0 Å². The number of rotatable bonds is 3. The molecule has 3 N–H and O–H groups in total. The second-order valence-corrected chi connectivity index (χ2v) is 4.13. The monoisotopic (exact) mass is 250 g/mol. The number of phenolic OH excluding ortho intramolecular Hbond substituents is 2. The highest BCUT2D eigenvalue weighted by molar-refractivity contribution is 5.90. The van der Waals surface area contributed by atoms with Crippen LogP contribution in [0.4, 0.5) is 0 Å². The van der Waals surface area contributed by atoms with E-state index in [4.69, 9.17) is 4.42 Å². The van der Waals surface area contributed by atoms with Gasteiger partial charge >= 0.3 is 5.63 Å². The Kier molecular flexibility index (Phi) is 3.14. The Morgan fingerprint density at radius 1 is 1.17 bits per heavy atom. The summed E-state index contributed by atoms with van der Waals surface area (Å²) in [7, 11) is 0. The Morgan fingerprint density at radius 2 is 1.89 bits per heavy atom. The number of hydrogen-bond donors (Lipinski definition) is 3. The van der Waals surface area contributed by atoms with Gasteiger partial charge in [-0.25, -0.2) is 4.79 Å². The molecule has 0 unspecified atom stereocenters. The number of aromatic hydroxyl groups is 3. The maximum absolute atomic E-state index is 11.7. The lowest BCUT2D eigenvalue weighted by atomic mass is 10.1. The van der Waals surface area contributed by atoms with Crippen LogP contribution in [-0.2, 0) is 6.42 Å². The molecule has 0 radical (unpaired) electrons. The van der Waals surface area contributed by atoms with Gasteiger partial charge < -0.3 is 19.7 Å². The normalized spacial score (nSPS) is 10.9. The van der Waals surface area contributed by atoms with Crippen molar-refractivity contribution in [2.45, 2.75) is 26.2 Å². The number of benzene rings is 1. The molecular weight excluding hydrogens is 236 g/mol. The fourth-order valence-electron chi connectivity index (χ4n) is 1.84. The highest BCUT2D eigenvalue weighted by Crippen LogP contribution is 2.37. The van der Waals surface area contributed by atoms with E-state index in [1.54, 1.807) is 0 Å². The van der Waals surface area contributed by atoms with Crippen LogP contribution in [0.15, 0.2) is 21.3 Å². The quantitative estimate of drug-likeness (QED) is 0.574. The lowest BCUT2D eigenvalue weighted by Gasteiger charge is -2.07. The van der Waals surface area contributed by atoms with Gasteiger partial charge in [-0.2, -0.15) is 0 Å². The van der Waals surface area contributed by atoms with Crippen molar-refractivity contribution in [2.75, 3.05) is 0 Å². The molecule has 5 nitrogen and oxygen atoms in total. The van der Waals surface area contributed by atoms with Gasteiger partial charge in [0.25, 0.3) is 0 Å². The molecule has 18 heavy (non-hydrogen) atoms. The zero-order chi connectivity index (χ0) is 13.3. The van der Waals surface area contributed by atoms with Crippen molar-refractivity contribution in [3.63, 3.8) is 0 Å². The average molecular weight is 250 g/mol. The molecule has 1 aromatic heterocycles. The highest BCUT2D eigenvalue weighted by atomic mass is 16.4. The first-order valence-corrected chi connectivity index (χ1v) is 5.75. The molecule has 0 saturated heterocycles. The van der Waals surface area contributed by atoms with Gasteiger partial charge in [0.15, 0.2) is 11.3 Å². The first kappa shape index (κ1) is 12.3. The SMILES string of the molecule is CCCCc1c(O)c2ccc(O)c(O)c2oc1=O. The molecule has 0 atom stereocenters. The van der Waals surface area contributed by atoms with Crippen molar-refractivity contribution in [1.82, 2.24) is 0 Å². The van der Waals surface area contributed by atoms with Crippen LogP contribution < -0.4 is 5.63 Å². The third-order valence-electron chi connectivity index (χ3n) is 2.87. The molecule has 0 aliphatic rings. The van der Waals surface area contributed by atoms with Gasteiger partial charge in [0.2, 0.25) is 5.75 Å². The number of fused-ring (bicyclic) bond motifs is 1. The fourth-order valence-corrected chi connectivity index (χ4v) is 1.84. The number of phenols is 2. The third kappa shape index (κ3) is 1.88. The minimum absolute atomic E-state index is 0.190. The van der Waals surface area contributed by atoms with Crippen LogP contribution in [-0.4, -0.2) is 15.3 Å². The average Bonchev–Trinajstić information content (AvgIpc) is 2.34. The molecule has 2 aromatic rings. The van der Waals surface area contributed by atoms with E-state index >= 15 is 0 Å². The molecule has 0 spiro atoms. The molecule has 0 amide bonds. The van der Waals surface area contributed by atoms with Gasteiger partial charge in [-0.3, -0.25) is 0 Å². The van der Waals surface area contributed by atoms with Crippen molar-refractivity contribution in [1.29, 1.82) is 0 Å². The Labute approximate surface area is 103 Å². The van der Waals surface area contributed by atoms with Crippen molar-refractivity contribution in [3.8, 4) is 17.2 Å². The van der Waals surface area contributed by atoms with E-state index < -0.39 is 17.1 Å². The second kappa shape index (κ2) is 4.60. The zero-order valence-electron chi connectivity index (χ0n) is 9.93. The van der Waals surface area contributed by atoms with Crippen LogP contribution in [0.1, 0.15) is 25.3 Å². The first-order chi connectivity index (χ1) is 8.56. The smallest absolute Gasteiger partial charge is 0.343 e. The van der Waals surface area contributed by atoms with E-state index in [-0.39, 0.29) is 22.3 Å². The van der Waals surface area contributed by atoms with Crippen LogP contribution in [0.25, 0.3) is 11.0 Å². The van der Waals surface area contributed by atoms with Gasteiger partial charge in [0.1, 0.15) is 5.75 Å². The van der Waals surface area contributed by atoms with Crippen LogP contribution >= 0.6 is 0 Å². The lowest BCUT2D eigenvalue weighted by molar-refractivity contribution is 0.394. The van der Waals surface area contributed by atoms with E-state index in [1.165, 1.54) is 12.1 Å². The lowest BCUT2D eigenvalue weighted by Crippen LogP contribution is -2.07. The minimum Gasteiger partial charge on any atom is -0.507 e. The summed E-state index contributed by atoms with van der Waals surface area (Å²) in [5.41, 5.74) is -0.679. The largest absolute Gasteiger partial charge is 0.507 e. The molecule has 0 aliphatic heterocycles. The van der Waals surface area contributed by atoms with Crippen LogP contribution in [0, 0.1) is 0 Å². The zero-order valence-corrected chi connectivity index (χ0v) is 9.93. The Bertz CT molecular complexity index is 642. The topological polar surface area (TPSA) is 90.9 Å². The van der Waals surface area contributed by atoms with Crippen molar-refractivity contribution < 1.29 is 19.7 Å². The molecule has 0 aliphatic carbocycles. The summed E-state index contributed by atoms with van der Waals surface area (Å²) < 4.78 is 4.96. The summed E-state index contributed by atoms with van der Waals surface area (Å²) in [5.74, 6) is -1.13. The molecule has 0 saturated carbocycles. The van der Waals surface area contributed by atoms with E-state index in [2.05, 4.69) is 0 Å². The van der Waals surface area contributed by atoms with E-state index in [1.807, 2.05) is 6.92 Å². The summed E-state index contributed by atoms with van der Waals surface area (Å²) in [4.78, 5) is 11.7. The summed E-state index contributed by atoms with van der Waals surface area (Å²) in [6.07, 6.45) is 2.06. The molecule has 1 aromatic carbocycles. The van der Waals surface area contributed by atoms with Gasteiger partial charge in [0.05, 0.1) is 10.9 Å². The maximum Gasteiger partial charge on any atom is 0.343 e. The first-order valence-electron chi connectivity index (χ1n) is 5.75. The third-order valence-corrected chi connectivity index (χ3v) is 2.87. The van der Waals surface area contributed by atoms with Crippen LogP contribution in [0.5, 0.6) is 17.2 Å². The highest BCUT2D eigenvalue weighted by Gasteiger charge is 2.17. The molecule has 96 valence electrons. The van der Waals surface area contributed by atoms with Gasteiger partial charge in [0, 0.05) is 0 Å². The molecule has 1 heterocycles. The molecule has 2 rings (SSSR count). The maximum atomic E-state index is 11.7. The number of hydrogen-bond acceptors (Lipinski definition) is 5.